The molecule has 0 radical (unpaired) electrons. The number of hydrogen-bond acceptors (Lipinski definition) is 5. The van der Waals surface area contributed by atoms with Gasteiger partial charge in [0.1, 0.15) is 5.75 Å². The van der Waals surface area contributed by atoms with Gasteiger partial charge in [0.2, 0.25) is 5.88 Å². The summed E-state index contributed by atoms with van der Waals surface area (Å²) in [5.74, 6) is 0.589. The molecule has 1 amide bonds. The highest BCUT2D eigenvalue weighted by Crippen LogP contribution is 2.40. The van der Waals surface area contributed by atoms with Gasteiger partial charge >= 0.3 is 0 Å². The quantitative estimate of drug-likeness (QED) is 0.639. The highest BCUT2D eigenvalue weighted by molar-refractivity contribution is 5.97. The number of carbonyl (C=O) groups is 1. The number of aromatic hydroxyl groups is 1. The summed E-state index contributed by atoms with van der Waals surface area (Å²) in [6, 6.07) is 8.75. The Labute approximate surface area is 157 Å². The lowest BCUT2D eigenvalue weighted by molar-refractivity contribution is 0.0994. The number of ether oxygens (including phenoxy) is 1. The Morgan fingerprint density at radius 2 is 2.15 bits per heavy atom. The maximum Gasteiger partial charge on any atom is 0.296 e. The van der Waals surface area contributed by atoms with Crippen molar-refractivity contribution in [2.75, 3.05) is 7.11 Å². The zero-order valence-electron chi connectivity index (χ0n) is 15.6. The van der Waals surface area contributed by atoms with E-state index in [2.05, 4.69) is 29.1 Å². The van der Waals surface area contributed by atoms with E-state index in [1.54, 1.807) is 36.1 Å². The minimum absolute atomic E-state index is 0.0124. The molecule has 0 saturated carbocycles. The Morgan fingerprint density at radius 1 is 1.33 bits per heavy atom. The zero-order chi connectivity index (χ0) is 19.4. The number of aromatic nitrogens is 2. The number of azo groups is 1. The van der Waals surface area contributed by atoms with Gasteiger partial charge in [0.15, 0.2) is 5.69 Å². The third kappa shape index (κ3) is 3.97. The number of methoxy groups -OCH3 is 1. The molecule has 0 spiro atoms. The summed E-state index contributed by atoms with van der Waals surface area (Å²) in [5, 5.41) is 19.2. The van der Waals surface area contributed by atoms with Crippen molar-refractivity contribution in [2.45, 2.75) is 26.8 Å². The molecular weight excluding hydrogens is 344 g/mol. The molecule has 3 aromatic rings. The molecule has 27 heavy (non-hydrogen) atoms. The van der Waals surface area contributed by atoms with Crippen LogP contribution < -0.4 is 4.74 Å². The van der Waals surface area contributed by atoms with Crippen LogP contribution in [0.1, 0.15) is 30.6 Å². The predicted molar refractivity (Wildman–Crippen MR) is 103 cm³/mol. The molecule has 0 saturated heterocycles. The van der Waals surface area contributed by atoms with Crippen LogP contribution in [0.2, 0.25) is 0 Å². The van der Waals surface area contributed by atoms with Crippen LogP contribution in [-0.2, 0) is 6.54 Å². The SMILES string of the molecule is COc1ccc2c(c1)c(N=NC(=O)c1cccnc1)c(O)n2CCC(C)C. The molecule has 1 N–H and O–H groups in total. The Hall–Kier alpha value is -3.22. The molecule has 0 aliphatic carbocycles. The van der Waals surface area contributed by atoms with Crippen LogP contribution in [0.5, 0.6) is 11.6 Å². The fraction of sp³-hybridized carbons (Fsp3) is 0.300. The zero-order valence-corrected chi connectivity index (χ0v) is 15.6. The van der Waals surface area contributed by atoms with Crippen LogP contribution in [0.4, 0.5) is 5.69 Å². The minimum atomic E-state index is -0.520. The molecule has 0 bridgehead atoms. The van der Waals surface area contributed by atoms with Gasteiger partial charge in [-0.3, -0.25) is 9.78 Å². The molecule has 2 heterocycles. The van der Waals surface area contributed by atoms with Crippen molar-refractivity contribution in [1.82, 2.24) is 9.55 Å². The minimum Gasteiger partial charge on any atom is -0.497 e. The predicted octanol–water partition coefficient (Wildman–Crippen LogP) is 4.72. The molecule has 1 aromatic carbocycles. The van der Waals surface area contributed by atoms with Crippen LogP contribution in [-0.4, -0.2) is 27.7 Å². The Morgan fingerprint density at radius 3 is 2.81 bits per heavy atom. The fourth-order valence-corrected chi connectivity index (χ4v) is 2.78. The lowest BCUT2D eigenvalue weighted by atomic mass is 10.1. The van der Waals surface area contributed by atoms with Crippen molar-refractivity contribution >= 4 is 22.5 Å². The van der Waals surface area contributed by atoms with E-state index in [1.807, 2.05) is 12.1 Å². The molecule has 0 aliphatic heterocycles. The topological polar surface area (TPSA) is 89.1 Å². The summed E-state index contributed by atoms with van der Waals surface area (Å²) in [6.07, 6.45) is 3.90. The van der Waals surface area contributed by atoms with Gasteiger partial charge in [-0.1, -0.05) is 13.8 Å². The second kappa shape index (κ2) is 7.99. The fourth-order valence-electron chi connectivity index (χ4n) is 2.78. The van der Waals surface area contributed by atoms with Crippen molar-refractivity contribution in [2.24, 2.45) is 16.1 Å². The molecule has 3 rings (SSSR count). The van der Waals surface area contributed by atoms with Crippen molar-refractivity contribution in [3.8, 4) is 11.6 Å². The molecule has 140 valence electrons. The monoisotopic (exact) mass is 366 g/mol. The number of benzene rings is 1. The first-order valence-corrected chi connectivity index (χ1v) is 8.76. The van der Waals surface area contributed by atoms with Gasteiger partial charge in [-0.25, -0.2) is 0 Å². The normalized spacial score (nSPS) is 11.6. The molecular formula is C20H22N4O3. The van der Waals surface area contributed by atoms with Crippen LogP contribution in [0.25, 0.3) is 10.9 Å². The smallest absolute Gasteiger partial charge is 0.296 e. The molecule has 7 nitrogen and oxygen atoms in total. The number of rotatable bonds is 6. The number of hydrogen-bond donors (Lipinski definition) is 1. The number of amides is 1. The van der Waals surface area contributed by atoms with Crippen LogP contribution >= 0.6 is 0 Å². The second-order valence-electron chi connectivity index (χ2n) is 6.64. The van der Waals surface area contributed by atoms with Crippen molar-refractivity contribution in [3.63, 3.8) is 0 Å². The third-order valence-electron chi connectivity index (χ3n) is 4.30. The van der Waals surface area contributed by atoms with E-state index in [4.69, 9.17) is 4.74 Å². The first-order chi connectivity index (χ1) is 13.0. The third-order valence-corrected chi connectivity index (χ3v) is 4.30. The van der Waals surface area contributed by atoms with Crippen molar-refractivity contribution < 1.29 is 14.6 Å². The van der Waals surface area contributed by atoms with Gasteiger partial charge in [-0.15, -0.1) is 10.2 Å². The molecule has 2 aromatic heterocycles. The molecule has 0 aliphatic rings. The first kappa shape index (κ1) is 18.6. The number of carbonyl (C=O) groups excluding carboxylic acids is 1. The average molecular weight is 366 g/mol. The summed E-state index contributed by atoms with van der Waals surface area (Å²) in [7, 11) is 1.57. The van der Waals surface area contributed by atoms with Crippen molar-refractivity contribution in [3.05, 3.63) is 48.3 Å². The Bertz CT molecular complexity index is 978. The van der Waals surface area contributed by atoms with E-state index < -0.39 is 5.91 Å². The summed E-state index contributed by atoms with van der Waals surface area (Å²) >= 11 is 0. The van der Waals surface area contributed by atoms with E-state index in [9.17, 15) is 9.90 Å². The van der Waals surface area contributed by atoms with E-state index >= 15 is 0 Å². The van der Waals surface area contributed by atoms with Gasteiger partial charge in [0, 0.05) is 24.3 Å². The highest BCUT2D eigenvalue weighted by atomic mass is 16.5. The van der Waals surface area contributed by atoms with Crippen molar-refractivity contribution in [1.29, 1.82) is 0 Å². The number of aryl methyl sites for hydroxylation is 1. The summed E-state index contributed by atoms with van der Waals surface area (Å²) in [4.78, 5) is 16.1. The summed E-state index contributed by atoms with van der Waals surface area (Å²) in [5.41, 5.74) is 1.41. The molecule has 0 atom stereocenters. The number of fused-ring (bicyclic) bond motifs is 1. The Kier molecular flexibility index (Phi) is 5.49. The summed E-state index contributed by atoms with van der Waals surface area (Å²) in [6.45, 7) is 4.89. The van der Waals surface area contributed by atoms with E-state index in [1.165, 1.54) is 6.20 Å². The van der Waals surface area contributed by atoms with E-state index in [-0.39, 0.29) is 11.6 Å². The largest absolute Gasteiger partial charge is 0.497 e. The Balaban J connectivity index is 2.03. The van der Waals surface area contributed by atoms with E-state index in [0.29, 0.717) is 29.2 Å². The van der Waals surface area contributed by atoms with Gasteiger partial charge in [-0.2, -0.15) is 0 Å². The maximum atomic E-state index is 12.2. The first-order valence-electron chi connectivity index (χ1n) is 8.76. The molecule has 7 heteroatoms. The van der Waals surface area contributed by atoms with E-state index in [0.717, 1.165) is 11.9 Å². The van der Waals surface area contributed by atoms with Crippen LogP contribution in [0.15, 0.2) is 53.0 Å². The van der Waals surface area contributed by atoms with Crippen LogP contribution in [0, 0.1) is 5.92 Å². The average Bonchev–Trinajstić information content (AvgIpc) is 2.95. The van der Waals surface area contributed by atoms with Crippen LogP contribution in [0.3, 0.4) is 0 Å². The van der Waals surface area contributed by atoms with Gasteiger partial charge in [0.05, 0.1) is 18.2 Å². The highest BCUT2D eigenvalue weighted by Gasteiger charge is 2.18. The number of pyridine rings is 1. The molecule has 0 unspecified atom stereocenters. The lowest BCUT2D eigenvalue weighted by Crippen LogP contribution is -2.00. The second-order valence-corrected chi connectivity index (χ2v) is 6.64. The standard InChI is InChI=1S/C20H22N4O3/c1-13(2)8-10-24-17-7-6-15(27-3)11-16(17)18(20(24)26)22-23-19(25)14-5-4-9-21-12-14/h4-7,9,11-13,26H,8,10H2,1-3H3. The maximum absolute atomic E-state index is 12.2. The summed E-state index contributed by atoms with van der Waals surface area (Å²) < 4.78 is 7.07. The van der Waals surface area contributed by atoms with Gasteiger partial charge < -0.3 is 14.4 Å². The van der Waals surface area contributed by atoms with Gasteiger partial charge in [-0.05, 0) is 42.7 Å². The number of nitrogens with zero attached hydrogens (tertiary/aromatic N) is 4. The molecule has 0 fully saturated rings. The lowest BCUT2D eigenvalue weighted by Gasteiger charge is -2.09. The van der Waals surface area contributed by atoms with Gasteiger partial charge in [0.25, 0.3) is 5.91 Å².